The molecule has 3 aromatic rings. The number of aromatic nitrogens is 2. The predicted octanol–water partition coefficient (Wildman–Crippen LogP) is 5.25. The number of piperazine rings is 1. The van der Waals surface area contributed by atoms with Gasteiger partial charge in [0.05, 0.1) is 5.52 Å². The summed E-state index contributed by atoms with van der Waals surface area (Å²) < 4.78 is 40.3. The van der Waals surface area contributed by atoms with Crippen LogP contribution in [0.5, 0.6) is 0 Å². The van der Waals surface area contributed by atoms with Crippen LogP contribution in [-0.4, -0.2) is 36.1 Å². The molecule has 1 aliphatic rings. The molecule has 0 radical (unpaired) electrons. The number of hydrogen-bond acceptors (Lipinski definition) is 4. The first-order valence-electron chi connectivity index (χ1n) is 9.34. The number of rotatable bonds is 2. The molecule has 0 N–H and O–H groups in total. The second-order valence-corrected chi connectivity index (χ2v) is 7.74. The third-order valence-corrected chi connectivity index (χ3v) is 5.36. The maximum atomic E-state index is 13.4. The third kappa shape index (κ3) is 3.96. The maximum Gasteiger partial charge on any atom is 0.451 e. The van der Waals surface area contributed by atoms with E-state index in [0.717, 1.165) is 11.3 Å². The molecule has 1 aliphatic heterocycles. The Hall–Kier alpha value is -2.54. The number of benzene rings is 2. The fourth-order valence-corrected chi connectivity index (χ4v) is 3.97. The number of anilines is 2. The van der Waals surface area contributed by atoms with Gasteiger partial charge in [0.25, 0.3) is 0 Å². The molecule has 29 heavy (non-hydrogen) atoms. The number of nitrogens with zero attached hydrogens (tertiary/aromatic N) is 4. The minimum atomic E-state index is -4.59. The monoisotopic (exact) mass is 420 g/mol. The Bertz CT molecular complexity index is 1060. The lowest BCUT2D eigenvalue weighted by atomic mass is 10.1. The van der Waals surface area contributed by atoms with E-state index in [1.807, 2.05) is 48.2 Å². The molecule has 2 heterocycles. The molecule has 4 rings (SSSR count). The van der Waals surface area contributed by atoms with Crippen molar-refractivity contribution >= 4 is 34.0 Å². The van der Waals surface area contributed by atoms with Gasteiger partial charge in [-0.25, -0.2) is 9.97 Å². The van der Waals surface area contributed by atoms with Gasteiger partial charge in [0.15, 0.2) is 0 Å². The van der Waals surface area contributed by atoms with Crippen LogP contribution < -0.4 is 9.80 Å². The predicted molar refractivity (Wildman–Crippen MR) is 110 cm³/mol. The van der Waals surface area contributed by atoms with Gasteiger partial charge < -0.3 is 9.80 Å². The van der Waals surface area contributed by atoms with E-state index in [-0.39, 0.29) is 0 Å². The van der Waals surface area contributed by atoms with Gasteiger partial charge in [-0.1, -0.05) is 23.7 Å². The van der Waals surface area contributed by atoms with E-state index in [4.69, 9.17) is 11.6 Å². The molecule has 0 amide bonds. The SMILES string of the molecule is Cc1cc(C)c2nc(C(F)(F)F)nc(N3CCN(c4cccc(Cl)c4)CC3)c2c1. The Morgan fingerprint density at radius 2 is 1.62 bits per heavy atom. The van der Waals surface area contributed by atoms with E-state index < -0.39 is 12.0 Å². The van der Waals surface area contributed by atoms with Crippen LogP contribution in [0.25, 0.3) is 10.9 Å². The minimum Gasteiger partial charge on any atom is -0.368 e. The van der Waals surface area contributed by atoms with Crippen molar-refractivity contribution in [1.29, 1.82) is 0 Å². The molecule has 152 valence electrons. The Balaban J connectivity index is 1.70. The summed E-state index contributed by atoms with van der Waals surface area (Å²) in [6.07, 6.45) is -4.59. The van der Waals surface area contributed by atoms with Crippen molar-refractivity contribution < 1.29 is 13.2 Å². The molecule has 0 saturated carbocycles. The molecule has 4 nitrogen and oxygen atoms in total. The van der Waals surface area contributed by atoms with E-state index in [9.17, 15) is 13.2 Å². The highest BCUT2D eigenvalue weighted by Gasteiger charge is 2.36. The molecule has 0 aliphatic carbocycles. The van der Waals surface area contributed by atoms with Crippen molar-refractivity contribution in [3.05, 3.63) is 58.4 Å². The van der Waals surface area contributed by atoms with Gasteiger partial charge in [-0.3, -0.25) is 0 Å². The van der Waals surface area contributed by atoms with Crippen LogP contribution in [0.2, 0.25) is 5.02 Å². The zero-order chi connectivity index (χ0) is 20.8. The zero-order valence-corrected chi connectivity index (χ0v) is 16.8. The molecule has 8 heteroatoms. The van der Waals surface area contributed by atoms with Crippen molar-refractivity contribution in [3.63, 3.8) is 0 Å². The van der Waals surface area contributed by atoms with Crippen LogP contribution in [0.4, 0.5) is 24.7 Å². The first-order valence-corrected chi connectivity index (χ1v) is 9.72. The number of alkyl halides is 3. The fraction of sp³-hybridized carbons (Fsp3) is 0.333. The summed E-state index contributed by atoms with van der Waals surface area (Å²) >= 11 is 6.08. The summed E-state index contributed by atoms with van der Waals surface area (Å²) in [7, 11) is 0. The summed E-state index contributed by atoms with van der Waals surface area (Å²) in [5.41, 5.74) is 3.04. The number of fused-ring (bicyclic) bond motifs is 1. The molecular formula is C21H20ClF3N4. The van der Waals surface area contributed by atoms with Gasteiger partial charge in [0.1, 0.15) is 5.82 Å². The van der Waals surface area contributed by atoms with Gasteiger partial charge in [0, 0.05) is 42.3 Å². The highest BCUT2D eigenvalue weighted by atomic mass is 35.5. The number of aryl methyl sites for hydroxylation is 2. The summed E-state index contributed by atoms with van der Waals surface area (Å²) in [6, 6.07) is 11.3. The van der Waals surface area contributed by atoms with E-state index in [1.54, 1.807) is 6.92 Å². The van der Waals surface area contributed by atoms with Crippen LogP contribution in [0.15, 0.2) is 36.4 Å². The minimum absolute atomic E-state index is 0.347. The number of hydrogen-bond donors (Lipinski definition) is 0. The third-order valence-electron chi connectivity index (χ3n) is 5.12. The molecule has 1 saturated heterocycles. The molecule has 0 spiro atoms. The van der Waals surface area contributed by atoms with Crippen molar-refractivity contribution in [2.75, 3.05) is 36.0 Å². The number of halogens is 4. The Kier molecular flexibility index (Phi) is 5.02. The first kappa shape index (κ1) is 19.8. The molecule has 1 aromatic heterocycles. The van der Waals surface area contributed by atoms with E-state index >= 15 is 0 Å². The normalized spacial score (nSPS) is 15.2. The van der Waals surface area contributed by atoms with Crippen LogP contribution >= 0.6 is 11.6 Å². The topological polar surface area (TPSA) is 32.3 Å². The lowest BCUT2D eigenvalue weighted by Gasteiger charge is -2.37. The van der Waals surface area contributed by atoms with Crippen molar-refractivity contribution in [2.24, 2.45) is 0 Å². The molecule has 2 aromatic carbocycles. The highest BCUT2D eigenvalue weighted by molar-refractivity contribution is 6.30. The molecule has 0 bridgehead atoms. The van der Waals surface area contributed by atoms with Gasteiger partial charge in [-0.2, -0.15) is 13.2 Å². The van der Waals surface area contributed by atoms with Crippen LogP contribution in [-0.2, 0) is 6.18 Å². The Morgan fingerprint density at radius 3 is 2.28 bits per heavy atom. The first-order chi connectivity index (χ1) is 13.7. The van der Waals surface area contributed by atoms with E-state index in [1.165, 1.54) is 0 Å². The fourth-order valence-electron chi connectivity index (χ4n) is 3.79. The lowest BCUT2D eigenvalue weighted by Crippen LogP contribution is -2.47. The van der Waals surface area contributed by atoms with Gasteiger partial charge in [-0.05, 0) is 49.2 Å². The van der Waals surface area contributed by atoms with Gasteiger partial charge in [0.2, 0.25) is 5.82 Å². The second kappa shape index (κ2) is 7.37. The molecule has 0 unspecified atom stereocenters. The van der Waals surface area contributed by atoms with E-state index in [0.29, 0.717) is 53.5 Å². The Labute approximate surface area is 171 Å². The van der Waals surface area contributed by atoms with Crippen LogP contribution in [0.3, 0.4) is 0 Å². The summed E-state index contributed by atoms with van der Waals surface area (Å²) in [5, 5.41) is 1.32. The average molecular weight is 421 g/mol. The zero-order valence-electron chi connectivity index (χ0n) is 16.1. The summed E-state index contributed by atoms with van der Waals surface area (Å²) in [5.74, 6) is -0.746. The van der Waals surface area contributed by atoms with Crippen molar-refractivity contribution in [3.8, 4) is 0 Å². The van der Waals surface area contributed by atoms with Gasteiger partial charge >= 0.3 is 6.18 Å². The van der Waals surface area contributed by atoms with Crippen LogP contribution in [0.1, 0.15) is 17.0 Å². The summed E-state index contributed by atoms with van der Waals surface area (Å²) in [4.78, 5) is 11.9. The molecule has 1 fully saturated rings. The quantitative estimate of drug-likeness (QED) is 0.567. The van der Waals surface area contributed by atoms with Gasteiger partial charge in [-0.15, -0.1) is 0 Å². The average Bonchev–Trinajstić information content (AvgIpc) is 2.67. The van der Waals surface area contributed by atoms with Crippen molar-refractivity contribution in [1.82, 2.24) is 9.97 Å². The second-order valence-electron chi connectivity index (χ2n) is 7.30. The molecular weight excluding hydrogens is 401 g/mol. The summed E-state index contributed by atoms with van der Waals surface area (Å²) in [6.45, 7) is 6.15. The smallest absolute Gasteiger partial charge is 0.368 e. The van der Waals surface area contributed by atoms with Crippen molar-refractivity contribution in [2.45, 2.75) is 20.0 Å². The van der Waals surface area contributed by atoms with Crippen LogP contribution in [0, 0.1) is 13.8 Å². The highest BCUT2D eigenvalue weighted by Crippen LogP contribution is 2.34. The largest absolute Gasteiger partial charge is 0.451 e. The standard InChI is InChI=1S/C21H20ClF3N4/c1-13-10-14(2)18-17(11-13)19(27-20(26-18)21(23,24)25)29-8-6-28(7-9-29)16-5-3-4-15(22)12-16/h3-5,10-12H,6-9H2,1-2H3. The Morgan fingerprint density at radius 1 is 0.931 bits per heavy atom. The molecule has 0 atom stereocenters. The lowest BCUT2D eigenvalue weighted by molar-refractivity contribution is -0.144. The maximum absolute atomic E-state index is 13.4. The van der Waals surface area contributed by atoms with E-state index in [2.05, 4.69) is 14.9 Å².